The Balaban J connectivity index is 0.00000324. The minimum atomic E-state index is -0.0356. The molecule has 0 spiro atoms. The van der Waals surface area contributed by atoms with Crippen molar-refractivity contribution in [3.63, 3.8) is 0 Å². The molecule has 1 aromatic rings. The summed E-state index contributed by atoms with van der Waals surface area (Å²) >= 11 is 0. The number of nitrogens with zero attached hydrogens (tertiary/aromatic N) is 1. The van der Waals surface area contributed by atoms with E-state index in [9.17, 15) is 0 Å². The van der Waals surface area contributed by atoms with Crippen LogP contribution in [0.5, 0.6) is 0 Å². The highest BCUT2D eigenvalue weighted by molar-refractivity contribution is 14.0. The lowest BCUT2D eigenvalue weighted by molar-refractivity contribution is 0.508. The average molecular weight is 375 g/mol. The summed E-state index contributed by atoms with van der Waals surface area (Å²) in [5, 5.41) is 3.16. The molecule has 1 aromatic carbocycles. The highest BCUT2D eigenvalue weighted by Crippen LogP contribution is 2.13. The van der Waals surface area contributed by atoms with Crippen LogP contribution in [0.1, 0.15) is 37.5 Å². The van der Waals surface area contributed by atoms with Crippen molar-refractivity contribution >= 4 is 29.9 Å². The summed E-state index contributed by atoms with van der Waals surface area (Å²) in [5.41, 5.74) is 9.84. The first-order valence-corrected chi connectivity index (χ1v) is 6.43. The van der Waals surface area contributed by atoms with Gasteiger partial charge >= 0.3 is 0 Å². The first-order valence-electron chi connectivity index (χ1n) is 6.43. The van der Waals surface area contributed by atoms with Gasteiger partial charge in [0.25, 0.3) is 0 Å². The Labute approximate surface area is 134 Å². The van der Waals surface area contributed by atoms with Gasteiger partial charge in [-0.2, -0.15) is 0 Å². The van der Waals surface area contributed by atoms with Gasteiger partial charge in [-0.3, -0.25) is 4.99 Å². The van der Waals surface area contributed by atoms with Crippen LogP contribution in [-0.4, -0.2) is 18.0 Å². The van der Waals surface area contributed by atoms with Crippen LogP contribution in [-0.2, 0) is 6.42 Å². The van der Waals surface area contributed by atoms with Gasteiger partial charge in [-0.15, -0.1) is 24.0 Å². The Hall–Kier alpha value is -0.780. The number of halogens is 1. The normalized spacial score (nSPS) is 11.9. The van der Waals surface area contributed by atoms with Gasteiger partial charge < -0.3 is 11.1 Å². The second-order valence-electron chi connectivity index (χ2n) is 5.76. The summed E-state index contributed by atoms with van der Waals surface area (Å²) in [6, 6.07) is 6.37. The molecule has 0 fully saturated rings. The van der Waals surface area contributed by atoms with E-state index in [2.05, 4.69) is 63.1 Å². The molecule has 108 valence electrons. The lowest BCUT2D eigenvalue weighted by Gasteiger charge is -2.21. The Morgan fingerprint density at radius 3 is 2.21 bits per heavy atom. The number of nitrogens with two attached hydrogens (primary N) is 1. The molecule has 3 N–H and O–H groups in total. The summed E-state index contributed by atoms with van der Waals surface area (Å²) in [4.78, 5) is 4.37. The predicted molar refractivity (Wildman–Crippen MR) is 94.4 cm³/mol. The number of aryl methyl sites for hydroxylation is 2. The van der Waals surface area contributed by atoms with Crippen molar-refractivity contribution in [2.45, 2.75) is 46.6 Å². The fourth-order valence-corrected chi connectivity index (χ4v) is 1.96. The van der Waals surface area contributed by atoms with Gasteiger partial charge in [-0.1, -0.05) is 18.2 Å². The average Bonchev–Trinajstić information content (AvgIpc) is 2.19. The van der Waals surface area contributed by atoms with Gasteiger partial charge in [0.1, 0.15) is 0 Å². The third-order valence-corrected chi connectivity index (χ3v) is 2.79. The second-order valence-corrected chi connectivity index (χ2v) is 5.76. The first-order chi connectivity index (χ1) is 8.29. The van der Waals surface area contributed by atoms with E-state index < -0.39 is 0 Å². The van der Waals surface area contributed by atoms with Crippen molar-refractivity contribution in [1.29, 1.82) is 0 Å². The van der Waals surface area contributed by atoms with E-state index in [0.717, 1.165) is 13.0 Å². The quantitative estimate of drug-likeness (QED) is 0.485. The maximum atomic E-state index is 5.84. The maximum Gasteiger partial charge on any atom is 0.188 e. The number of rotatable bonds is 3. The molecule has 1 rings (SSSR count). The molecule has 0 atom stereocenters. The van der Waals surface area contributed by atoms with Crippen molar-refractivity contribution in [2.24, 2.45) is 10.7 Å². The monoisotopic (exact) mass is 375 g/mol. The van der Waals surface area contributed by atoms with Gasteiger partial charge in [0.2, 0.25) is 0 Å². The molecule has 0 heterocycles. The minimum absolute atomic E-state index is 0. The van der Waals surface area contributed by atoms with Crippen molar-refractivity contribution < 1.29 is 0 Å². The third kappa shape index (κ3) is 6.80. The van der Waals surface area contributed by atoms with Crippen LogP contribution in [0.3, 0.4) is 0 Å². The summed E-state index contributed by atoms with van der Waals surface area (Å²) in [6.45, 7) is 11.2. The van der Waals surface area contributed by atoms with Crippen LogP contribution in [0, 0.1) is 13.8 Å². The first kappa shape index (κ1) is 18.2. The molecule has 0 saturated carbocycles. The molecule has 0 radical (unpaired) electrons. The molecule has 0 aliphatic rings. The SMILES string of the molecule is Cc1cccc(C)c1CCN=C(N)NC(C)(C)C.I. The predicted octanol–water partition coefficient (Wildman–Crippen LogP) is 3.17. The zero-order valence-electron chi connectivity index (χ0n) is 12.6. The Morgan fingerprint density at radius 2 is 1.74 bits per heavy atom. The number of benzene rings is 1. The molecular weight excluding hydrogens is 349 g/mol. The topological polar surface area (TPSA) is 50.4 Å². The number of hydrogen-bond donors (Lipinski definition) is 2. The van der Waals surface area contributed by atoms with Crippen molar-refractivity contribution in [3.8, 4) is 0 Å². The van der Waals surface area contributed by atoms with Crippen LogP contribution in [0.15, 0.2) is 23.2 Å². The van der Waals surface area contributed by atoms with Gasteiger partial charge in [-0.05, 0) is 57.7 Å². The Bertz CT molecular complexity index is 413. The molecule has 0 aromatic heterocycles. The fourth-order valence-electron chi connectivity index (χ4n) is 1.96. The molecule has 4 heteroatoms. The van der Waals surface area contributed by atoms with Crippen LogP contribution < -0.4 is 11.1 Å². The minimum Gasteiger partial charge on any atom is -0.370 e. The van der Waals surface area contributed by atoms with E-state index in [1.165, 1.54) is 16.7 Å². The zero-order valence-corrected chi connectivity index (χ0v) is 14.9. The lowest BCUT2D eigenvalue weighted by Crippen LogP contribution is -2.45. The van der Waals surface area contributed by atoms with E-state index in [1.807, 2.05) is 0 Å². The molecule has 0 saturated heterocycles. The summed E-state index contributed by atoms with van der Waals surface area (Å²) in [7, 11) is 0. The molecular formula is C15H26IN3. The Kier molecular flexibility index (Phi) is 7.41. The lowest BCUT2D eigenvalue weighted by atomic mass is 10.0. The maximum absolute atomic E-state index is 5.84. The number of hydrogen-bond acceptors (Lipinski definition) is 1. The van der Waals surface area contributed by atoms with Crippen LogP contribution >= 0.6 is 24.0 Å². The molecule has 0 aliphatic carbocycles. The van der Waals surface area contributed by atoms with Crippen LogP contribution in [0.2, 0.25) is 0 Å². The molecule has 0 bridgehead atoms. The molecule has 0 unspecified atom stereocenters. The summed E-state index contributed by atoms with van der Waals surface area (Å²) in [6.07, 6.45) is 0.936. The Morgan fingerprint density at radius 1 is 1.21 bits per heavy atom. The van der Waals surface area contributed by atoms with E-state index in [1.54, 1.807) is 0 Å². The fraction of sp³-hybridized carbons (Fsp3) is 0.533. The highest BCUT2D eigenvalue weighted by Gasteiger charge is 2.09. The summed E-state index contributed by atoms with van der Waals surface area (Å²) in [5.74, 6) is 0.522. The molecule has 0 aliphatic heterocycles. The number of nitrogens with one attached hydrogen (secondary N) is 1. The molecule has 19 heavy (non-hydrogen) atoms. The van der Waals surface area contributed by atoms with Gasteiger partial charge in [0.15, 0.2) is 5.96 Å². The van der Waals surface area contributed by atoms with E-state index in [4.69, 9.17) is 5.73 Å². The van der Waals surface area contributed by atoms with Crippen molar-refractivity contribution in [2.75, 3.05) is 6.54 Å². The van der Waals surface area contributed by atoms with E-state index >= 15 is 0 Å². The zero-order chi connectivity index (χ0) is 13.8. The van der Waals surface area contributed by atoms with E-state index in [0.29, 0.717) is 5.96 Å². The van der Waals surface area contributed by atoms with Crippen molar-refractivity contribution in [1.82, 2.24) is 5.32 Å². The summed E-state index contributed by atoms with van der Waals surface area (Å²) < 4.78 is 0. The third-order valence-electron chi connectivity index (χ3n) is 2.79. The second kappa shape index (κ2) is 7.72. The van der Waals surface area contributed by atoms with Gasteiger partial charge in [-0.25, -0.2) is 0 Å². The smallest absolute Gasteiger partial charge is 0.188 e. The van der Waals surface area contributed by atoms with Crippen molar-refractivity contribution in [3.05, 3.63) is 34.9 Å². The van der Waals surface area contributed by atoms with Gasteiger partial charge in [0.05, 0.1) is 0 Å². The van der Waals surface area contributed by atoms with E-state index in [-0.39, 0.29) is 29.5 Å². The highest BCUT2D eigenvalue weighted by atomic mass is 127. The van der Waals surface area contributed by atoms with Gasteiger partial charge in [0, 0.05) is 12.1 Å². The molecule has 3 nitrogen and oxygen atoms in total. The number of aliphatic imine (C=N–C) groups is 1. The van der Waals surface area contributed by atoms with Crippen LogP contribution in [0.25, 0.3) is 0 Å². The van der Waals surface area contributed by atoms with Crippen LogP contribution in [0.4, 0.5) is 0 Å². The number of guanidine groups is 1. The standard InChI is InChI=1S/C15H25N3.HI/c1-11-7-6-8-12(2)13(11)9-10-17-14(16)18-15(3,4)5;/h6-8H,9-10H2,1-5H3,(H3,16,17,18);1H. The molecule has 0 amide bonds. The largest absolute Gasteiger partial charge is 0.370 e.